The number of rotatable bonds is 16. The molecule has 4 aromatic rings. The molecule has 0 radical (unpaired) electrons. The molecule has 4 aromatic carbocycles. The van der Waals surface area contributed by atoms with E-state index in [1.54, 1.807) is 12.1 Å². The van der Waals surface area contributed by atoms with Crippen molar-refractivity contribution in [1.29, 1.82) is 0 Å². The summed E-state index contributed by atoms with van der Waals surface area (Å²) < 4.78 is 98.6. The van der Waals surface area contributed by atoms with Crippen LogP contribution in [0.3, 0.4) is 0 Å². The molecule has 3 aliphatic heterocycles. The molecule has 4 aliphatic rings. The quantitative estimate of drug-likeness (QED) is 0.104. The first-order valence-corrected chi connectivity index (χ1v) is 28.2. The van der Waals surface area contributed by atoms with E-state index in [2.05, 4.69) is 71.7 Å². The molecule has 1 atom stereocenters. The van der Waals surface area contributed by atoms with Gasteiger partial charge in [-0.1, -0.05) is 61.4 Å². The van der Waals surface area contributed by atoms with Crippen LogP contribution in [0.4, 0.5) is 24.5 Å². The molecule has 0 bridgehead atoms. The molecule has 1 amide bonds. The highest BCUT2D eigenvalue weighted by Crippen LogP contribution is 2.45. The molecule has 3 heterocycles. The summed E-state index contributed by atoms with van der Waals surface area (Å²) in [7, 11) is -10.9. The third-order valence-corrected chi connectivity index (χ3v) is 18.5. The van der Waals surface area contributed by atoms with Crippen LogP contribution in [0.25, 0.3) is 5.57 Å². The number of nitrogens with zero attached hydrogens (tertiary/aromatic N) is 4. The van der Waals surface area contributed by atoms with Crippen LogP contribution in [0.5, 0.6) is 0 Å². The van der Waals surface area contributed by atoms with E-state index in [0.717, 1.165) is 101 Å². The van der Waals surface area contributed by atoms with Gasteiger partial charge in [0, 0.05) is 109 Å². The Bertz CT molecular complexity index is 2770. The molecule has 1 aliphatic carbocycles. The van der Waals surface area contributed by atoms with Crippen molar-refractivity contribution in [3.8, 4) is 0 Å². The van der Waals surface area contributed by atoms with Crippen LogP contribution >= 0.6 is 23.4 Å². The molecule has 18 heteroatoms. The number of alkyl halides is 3. The zero-order valence-electron chi connectivity index (χ0n) is 40.5. The van der Waals surface area contributed by atoms with Gasteiger partial charge in [0.15, 0.2) is 0 Å². The summed E-state index contributed by atoms with van der Waals surface area (Å²) in [6.45, 7) is 19.7. The topological polar surface area (TPSA) is 122 Å². The summed E-state index contributed by atoms with van der Waals surface area (Å²) in [6.07, 6.45) is 3.64. The van der Waals surface area contributed by atoms with Crippen LogP contribution < -0.4 is 14.9 Å². The monoisotopic (exact) mass is 1040 g/mol. The van der Waals surface area contributed by atoms with Gasteiger partial charge in [-0.3, -0.25) is 14.6 Å². The molecule has 378 valence electrons. The third kappa shape index (κ3) is 12.2. The van der Waals surface area contributed by atoms with E-state index in [9.17, 15) is 34.8 Å². The highest BCUT2D eigenvalue weighted by Gasteiger charge is 2.53. The van der Waals surface area contributed by atoms with Crippen molar-refractivity contribution in [3.05, 3.63) is 119 Å². The normalized spacial score (nSPS) is 19.6. The van der Waals surface area contributed by atoms with Crippen LogP contribution in [0, 0.1) is 10.8 Å². The number of anilines is 2. The highest BCUT2D eigenvalue weighted by molar-refractivity contribution is 7.99. The Morgan fingerprint density at radius 3 is 2.11 bits per heavy atom. The molecule has 1 spiro atoms. The Balaban J connectivity index is 0.920. The minimum absolute atomic E-state index is 0.00433. The molecule has 1 unspecified atom stereocenters. The minimum Gasteiger partial charge on any atom is -0.380 e. The summed E-state index contributed by atoms with van der Waals surface area (Å²) in [6, 6.07) is 26.0. The number of hydrogen-bond acceptors (Lipinski definition) is 11. The fourth-order valence-electron chi connectivity index (χ4n) is 10.2. The lowest BCUT2D eigenvalue weighted by molar-refractivity contribution is -0.144. The lowest BCUT2D eigenvalue weighted by Crippen LogP contribution is -2.74. The summed E-state index contributed by atoms with van der Waals surface area (Å²) in [5, 5.41) is 3.77. The minimum atomic E-state index is -6.06. The molecule has 11 nitrogen and oxygen atoms in total. The number of thioether (sulfide) groups is 1. The van der Waals surface area contributed by atoms with Crippen molar-refractivity contribution in [1.82, 2.24) is 19.4 Å². The van der Waals surface area contributed by atoms with E-state index in [0.29, 0.717) is 29.8 Å². The average Bonchev–Trinajstić information content (AvgIpc) is 3.27. The van der Waals surface area contributed by atoms with E-state index in [1.807, 2.05) is 47.2 Å². The third-order valence-electron chi connectivity index (χ3n) is 14.2. The number of allylic oxidation sites excluding steroid dienone is 1. The second kappa shape index (κ2) is 20.4. The number of sulfonamides is 1. The second-order valence-electron chi connectivity index (χ2n) is 21.3. The summed E-state index contributed by atoms with van der Waals surface area (Å²) in [5.41, 5.74) is -0.654. The van der Waals surface area contributed by atoms with Crippen LogP contribution in [0.1, 0.15) is 76.2 Å². The average molecular weight is 1040 g/mol. The molecule has 3 fully saturated rings. The lowest BCUT2D eigenvalue weighted by Gasteiger charge is -2.63. The van der Waals surface area contributed by atoms with E-state index in [4.69, 9.17) is 11.6 Å². The van der Waals surface area contributed by atoms with Gasteiger partial charge in [0.1, 0.15) is 4.90 Å². The molecule has 0 saturated carbocycles. The van der Waals surface area contributed by atoms with E-state index in [-0.39, 0.29) is 27.6 Å². The van der Waals surface area contributed by atoms with Gasteiger partial charge in [-0.15, -0.1) is 11.8 Å². The largest absolute Gasteiger partial charge is 0.501 e. The Morgan fingerprint density at radius 2 is 1.49 bits per heavy atom. The van der Waals surface area contributed by atoms with Gasteiger partial charge < -0.3 is 15.1 Å². The van der Waals surface area contributed by atoms with Crippen molar-refractivity contribution in [2.45, 2.75) is 92.1 Å². The van der Waals surface area contributed by atoms with Crippen molar-refractivity contribution in [2.24, 2.45) is 10.8 Å². The maximum atomic E-state index is 14.3. The molecular weight excluding hydrogens is 977 g/mol. The van der Waals surface area contributed by atoms with Gasteiger partial charge in [-0.25, -0.2) is 21.6 Å². The fraction of sp³-hybridized carbons (Fsp3) is 0.481. The first-order valence-electron chi connectivity index (χ1n) is 23.9. The van der Waals surface area contributed by atoms with Crippen molar-refractivity contribution in [3.63, 3.8) is 0 Å². The highest BCUT2D eigenvalue weighted by atomic mass is 35.5. The molecule has 2 N–H and O–H groups in total. The van der Waals surface area contributed by atoms with Gasteiger partial charge in [-0.05, 0) is 130 Å². The molecule has 8 rings (SSSR count). The van der Waals surface area contributed by atoms with Crippen molar-refractivity contribution < 1.29 is 34.8 Å². The Labute approximate surface area is 421 Å². The summed E-state index contributed by atoms with van der Waals surface area (Å²) in [4.78, 5) is 21.7. The number of halogens is 4. The van der Waals surface area contributed by atoms with Crippen LogP contribution in [0.15, 0.2) is 117 Å². The van der Waals surface area contributed by atoms with Crippen LogP contribution in [0.2, 0.25) is 5.02 Å². The van der Waals surface area contributed by atoms with E-state index < -0.39 is 47.1 Å². The second-order valence-corrected chi connectivity index (χ2v) is 26.4. The Hall–Kier alpha value is -4.10. The van der Waals surface area contributed by atoms with Gasteiger partial charge >= 0.3 is 5.51 Å². The van der Waals surface area contributed by atoms with Gasteiger partial charge in [0.05, 0.1) is 10.6 Å². The van der Waals surface area contributed by atoms with E-state index in [1.165, 1.54) is 40.6 Å². The maximum Gasteiger partial charge on any atom is 0.501 e. The first-order chi connectivity index (χ1) is 32.9. The van der Waals surface area contributed by atoms with Gasteiger partial charge in [-0.2, -0.15) is 13.2 Å². The zero-order chi connectivity index (χ0) is 50.3. The summed E-state index contributed by atoms with van der Waals surface area (Å²) >= 11 is 7.68. The fourth-order valence-corrected chi connectivity index (χ4v) is 13.3. The van der Waals surface area contributed by atoms with Crippen LogP contribution in [-0.2, 0) is 19.9 Å². The van der Waals surface area contributed by atoms with Crippen LogP contribution in [-0.4, -0.2) is 126 Å². The number of carbonyl (C=O) groups excluding carboxylic acids is 1. The first kappa shape index (κ1) is 52.2. The lowest BCUT2D eigenvalue weighted by atomic mass is 9.71. The predicted octanol–water partition coefficient (Wildman–Crippen LogP) is 9.92. The number of nitrogens with one attached hydrogen (secondary N) is 2. The number of piperazine rings is 1. The molecule has 3 saturated heterocycles. The van der Waals surface area contributed by atoms with Crippen molar-refractivity contribution in [2.75, 3.05) is 81.4 Å². The number of sulfone groups is 1. The van der Waals surface area contributed by atoms with Gasteiger partial charge in [0.2, 0.25) is 0 Å². The summed E-state index contributed by atoms with van der Waals surface area (Å²) in [5.74, 6) is -0.626. The standard InChI is InChI=1S/C52H64ClF3N6O5S3/c1-49(2,3)62-35-51(36-62)33-60(34-51)24-22-41(32-68-43-9-7-6-8-10-43)57-46-20-19-44(29-47(46)69(64,65)52(54,55)56)70(66,67)58-48(63)38-13-17-42(18-14-38)61-27-25-59(26-28-61)31-39-30-50(4,5)23-21-45(39)37-11-15-40(53)16-12-37/h6-20,29,41,57H,21-28,30-36H2,1-5H3,(H,58,63). The Morgan fingerprint density at radius 1 is 0.829 bits per heavy atom. The molecule has 0 aromatic heterocycles. The number of hydrogen-bond donors (Lipinski definition) is 2. The van der Waals surface area contributed by atoms with Crippen molar-refractivity contribution >= 4 is 66.1 Å². The number of likely N-dealkylation sites (tertiary alicyclic amines) is 2. The predicted molar refractivity (Wildman–Crippen MR) is 275 cm³/mol. The molecule has 70 heavy (non-hydrogen) atoms. The zero-order valence-corrected chi connectivity index (χ0v) is 43.7. The van der Waals surface area contributed by atoms with E-state index >= 15 is 0 Å². The number of benzene rings is 4. The SMILES string of the molecule is CC1(C)CCC(c2ccc(Cl)cc2)=C(CN2CCN(c3ccc(C(=O)NS(=O)(=O)c4ccc(NC(CCN5CC6(C5)CN(C(C)(C)C)C6)CSc5ccccc5)c(S(=O)(=O)C(F)(F)F)c4)cc3)CC2)C1. The smallest absolute Gasteiger partial charge is 0.380 e. The number of amides is 1. The van der Waals surface area contributed by atoms with Gasteiger partial charge in [0.25, 0.3) is 25.8 Å². The maximum absolute atomic E-state index is 14.3. The number of carbonyl (C=O) groups is 1. The Kier molecular flexibility index (Phi) is 15.2. The molecular formula is C52H64ClF3N6O5S3.